The highest BCUT2D eigenvalue weighted by atomic mass is 16.8. The molecule has 0 saturated carbocycles. The maximum Gasteiger partial charge on any atom is 0.308 e. The van der Waals surface area contributed by atoms with Crippen molar-refractivity contribution in [2.75, 3.05) is 47.9 Å². The van der Waals surface area contributed by atoms with Crippen molar-refractivity contribution in [3.8, 4) is 0 Å². The smallest absolute Gasteiger partial charge is 0.308 e. The lowest BCUT2D eigenvalue weighted by atomic mass is 10.0. The molecule has 0 spiro atoms. The molecule has 1 aliphatic heterocycles. The third-order valence-corrected chi connectivity index (χ3v) is 11.4. The summed E-state index contributed by atoms with van der Waals surface area (Å²) in [5, 5.41) is 0. The lowest BCUT2D eigenvalue weighted by molar-refractivity contribution is -0.200. The predicted octanol–water partition coefficient (Wildman–Crippen LogP) is 11.3. The molecule has 1 aliphatic rings. The first kappa shape index (κ1) is 55.8. The molecule has 0 bridgehead atoms. The summed E-state index contributed by atoms with van der Waals surface area (Å²) < 4.78 is 29.4. The Morgan fingerprint density at radius 1 is 0.400 bits per heavy atom. The van der Waals surface area contributed by atoms with Crippen molar-refractivity contribution in [3.05, 3.63) is 0 Å². The fraction of sp³-hybridized carbons (Fsp3) is 0.918. The van der Waals surface area contributed by atoms with Gasteiger partial charge in [0, 0.05) is 25.7 Å². The Labute approximate surface area is 367 Å². The van der Waals surface area contributed by atoms with E-state index in [2.05, 4.69) is 13.8 Å². The largest absolute Gasteiger partial charge is 0.463 e. The van der Waals surface area contributed by atoms with E-state index in [4.69, 9.17) is 23.7 Å². The highest BCUT2D eigenvalue weighted by Gasteiger charge is 2.52. The van der Waals surface area contributed by atoms with Crippen LogP contribution in [-0.2, 0) is 42.9 Å². The van der Waals surface area contributed by atoms with E-state index in [1.54, 1.807) is 0 Å². The van der Waals surface area contributed by atoms with E-state index in [0.717, 1.165) is 45.1 Å². The molecule has 352 valence electrons. The topological polar surface area (TPSA) is 121 Å². The van der Waals surface area contributed by atoms with Crippen LogP contribution in [0.5, 0.6) is 0 Å². The Bertz CT molecular complexity index is 1070. The molecule has 1 rings (SSSR count). The molecule has 1 heterocycles. The predicted molar refractivity (Wildman–Crippen MR) is 242 cm³/mol. The number of esters is 4. The fourth-order valence-corrected chi connectivity index (χ4v) is 7.70. The highest BCUT2D eigenvalue weighted by molar-refractivity contribution is 5.72. The summed E-state index contributed by atoms with van der Waals surface area (Å²) in [5.41, 5.74) is 0. The Kier molecular flexibility index (Phi) is 35.7. The van der Waals surface area contributed by atoms with Gasteiger partial charge in [-0.15, -0.1) is 0 Å². The van der Waals surface area contributed by atoms with Gasteiger partial charge in [0.1, 0.15) is 12.7 Å². The van der Waals surface area contributed by atoms with Crippen molar-refractivity contribution >= 4 is 23.9 Å². The zero-order valence-electron chi connectivity index (χ0n) is 39.6. The van der Waals surface area contributed by atoms with Crippen molar-refractivity contribution in [3.63, 3.8) is 0 Å². The van der Waals surface area contributed by atoms with Crippen LogP contribution < -0.4 is 0 Å². The minimum absolute atomic E-state index is 0.146. The zero-order valence-corrected chi connectivity index (χ0v) is 39.6. The molecule has 2 unspecified atom stereocenters. The average molecular weight is 853 g/mol. The van der Waals surface area contributed by atoms with E-state index < -0.39 is 48.5 Å². The molecule has 11 nitrogen and oxygen atoms in total. The molecule has 0 aromatic carbocycles. The van der Waals surface area contributed by atoms with Gasteiger partial charge in [0.2, 0.25) is 12.4 Å². The van der Waals surface area contributed by atoms with Crippen LogP contribution in [0.1, 0.15) is 219 Å². The molecular weight excluding hydrogens is 761 g/mol. The van der Waals surface area contributed by atoms with Gasteiger partial charge in [0.15, 0.2) is 6.10 Å². The standard InChI is InChI=1S/C49H92N2O9/c1-7-9-11-13-15-17-19-21-23-25-27-29-31-35-44(53)58-47-42(41-56-43(52)37-33-39-50(3)4)57-49(60-46(55)38-34-40-51(5)6)48(47)59-45(54)36-32-30-28-26-24-22-20-18-16-14-12-10-8-2/h42,47-49H,7-41H2,1-6H3/t42-,47?,48?,49+/m1/s1. The average Bonchev–Trinajstić information content (AvgIpc) is 3.50. The second-order valence-electron chi connectivity index (χ2n) is 17.9. The lowest BCUT2D eigenvalue weighted by Gasteiger charge is -2.24. The van der Waals surface area contributed by atoms with Gasteiger partial charge in [-0.3, -0.25) is 19.2 Å². The Morgan fingerprint density at radius 3 is 1.10 bits per heavy atom. The number of rotatable bonds is 41. The van der Waals surface area contributed by atoms with Crippen LogP contribution in [-0.4, -0.2) is 106 Å². The lowest BCUT2D eigenvalue weighted by Crippen LogP contribution is -2.42. The van der Waals surface area contributed by atoms with Gasteiger partial charge >= 0.3 is 23.9 Å². The summed E-state index contributed by atoms with van der Waals surface area (Å²) in [6, 6.07) is 0. The number of ether oxygens (including phenoxy) is 5. The number of nitrogens with zero attached hydrogens (tertiary/aromatic N) is 2. The van der Waals surface area contributed by atoms with Crippen LogP contribution in [0.2, 0.25) is 0 Å². The van der Waals surface area contributed by atoms with E-state index in [0.29, 0.717) is 32.2 Å². The molecule has 11 heteroatoms. The van der Waals surface area contributed by atoms with Crippen molar-refractivity contribution in [1.82, 2.24) is 9.80 Å². The van der Waals surface area contributed by atoms with Crippen LogP contribution in [0, 0.1) is 0 Å². The van der Waals surface area contributed by atoms with Gasteiger partial charge in [-0.1, -0.05) is 168 Å². The Hall–Kier alpha value is -2.24. The summed E-state index contributed by atoms with van der Waals surface area (Å²) >= 11 is 0. The van der Waals surface area contributed by atoms with Gasteiger partial charge in [-0.2, -0.15) is 0 Å². The molecule has 60 heavy (non-hydrogen) atoms. The van der Waals surface area contributed by atoms with Crippen molar-refractivity contribution < 1.29 is 42.9 Å². The van der Waals surface area contributed by atoms with Gasteiger partial charge in [-0.25, -0.2) is 0 Å². The van der Waals surface area contributed by atoms with E-state index in [1.165, 1.54) is 116 Å². The first-order valence-corrected chi connectivity index (χ1v) is 24.8. The Balaban J connectivity index is 2.79. The molecule has 1 fully saturated rings. The third-order valence-electron chi connectivity index (χ3n) is 11.4. The van der Waals surface area contributed by atoms with Crippen LogP contribution in [0.15, 0.2) is 0 Å². The zero-order chi connectivity index (χ0) is 44.1. The number of hydrogen-bond donors (Lipinski definition) is 0. The third kappa shape index (κ3) is 31.6. The maximum atomic E-state index is 13.3. The monoisotopic (exact) mass is 853 g/mol. The molecule has 0 amide bonds. The van der Waals surface area contributed by atoms with Crippen LogP contribution >= 0.6 is 0 Å². The van der Waals surface area contributed by atoms with Gasteiger partial charge in [-0.05, 0) is 67.0 Å². The maximum absolute atomic E-state index is 13.3. The molecule has 0 aromatic heterocycles. The van der Waals surface area contributed by atoms with Crippen LogP contribution in [0.3, 0.4) is 0 Å². The van der Waals surface area contributed by atoms with Crippen molar-refractivity contribution in [2.45, 2.75) is 244 Å². The molecule has 0 radical (unpaired) electrons. The van der Waals surface area contributed by atoms with Gasteiger partial charge in [0.05, 0.1) is 0 Å². The molecule has 4 atom stereocenters. The van der Waals surface area contributed by atoms with Crippen LogP contribution in [0.4, 0.5) is 0 Å². The minimum atomic E-state index is -1.29. The molecule has 0 N–H and O–H groups in total. The number of unbranched alkanes of at least 4 members (excludes halogenated alkanes) is 24. The second-order valence-corrected chi connectivity index (χ2v) is 17.9. The fourth-order valence-electron chi connectivity index (χ4n) is 7.70. The summed E-state index contributed by atoms with van der Waals surface area (Å²) in [7, 11) is 7.75. The SMILES string of the molecule is CCCCCCCCCCCCCCCC(=O)OC1C(OC(=O)CCCCCCCCCCCCCCC)[C@@H](COC(=O)CCCN(C)C)O[C@H]1OC(=O)CCCN(C)C. The number of carbonyl (C=O) groups is 4. The van der Waals surface area contributed by atoms with E-state index in [1.807, 2.05) is 38.0 Å². The summed E-state index contributed by atoms with van der Waals surface area (Å²) in [6.45, 7) is 5.71. The van der Waals surface area contributed by atoms with Crippen molar-refractivity contribution in [1.29, 1.82) is 0 Å². The van der Waals surface area contributed by atoms with Crippen molar-refractivity contribution in [2.24, 2.45) is 0 Å². The van der Waals surface area contributed by atoms with E-state index in [-0.39, 0.29) is 32.3 Å². The number of carbonyl (C=O) groups excluding carboxylic acids is 4. The first-order valence-electron chi connectivity index (χ1n) is 24.8. The molecule has 1 saturated heterocycles. The summed E-state index contributed by atoms with van der Waals surface area (Å²) in [4.78, 5) is 56.3. The molecule has 0 aliphatic carbocycles. The summed E-state index contributed by atoms with van der Waals surface area (Å²) in [5.74, 6) is -1.81. The normalized spacial score (nSPS) is 17.7. The molecular formula is C49H92N2O9. The first-order chi connectivity index (χ1) is 29.1. The quantitative estimate of drug-likeness (QED) is 0.0332. The van der Waals surface area contributed by atoms with Gasteiger partial charge < -0.3 is 33.5 Å². The van der Waals surface area contributed by atoms with Crippen LogP contribution in [0.25, 0.3) is 0 Å². The Morgan fingerprint density at radius 2 is 0.717 bits per heavy atom. The van der Waals surface area contributed by atoms with E-state index in [9.17, 15) is 19.2 Å². The second kappa shape index (κ2) is 38.4. The highest BCUT2D eigenvalue weighted by Crippen LogP contribution is 2.30. The molecule has 0 aromatic rings. The minimum Gasteiger partial charge on any atom is -0.463 e. The number of hydrogen-bond acceptors (Lipinski definition) is 11. The van der Waals surface area contributed by atoms with E-state index >= 15 is 0 Å². The van der Waals surface area contributed by atoms with Gasteiger partial charge in [0.25, 0.3) is 0 Å². The summed E-state index contributed by atoms with van der Waals surface area (Å²) in [6.07, 6.45) is 28.6.